The highest BCUT2D eigenvalue weighted by Gasteiger charge is 2.25. The van der Waals surface area contributed by atoms with E-state index in [0.29, 0.717) is 13.1 Å². The van der Waals surface area contributed by atoms with Crippen LogP contribution in [-0.4, -0.2) is 36.6 Å². The van der Waals surface area contributed by atoms with Crippen LogP contribution in [0.25, 0.3) is 10.9 Å². The van der Waals surface area contributed by atoms with E-state index < -0.39 is 0 Å². The molecule has 0 aliphatic heterocycles. The molecule has 0 saturated carbocycles. The van der Waals surface area contributed by atoms with Gasteiger partial charge in [-0.3, -0.25) is 9.69 Å². The van der Waals surface area contributed by atoms with Crippen molar-refractivity contribution in [2.24, 2.45) is 0 Å². The minimum Gasteiger partial charge on any atom is -0.322 e. The molecule has 0 bridgehead atoms. The van der Waals surface area contributed by atoms with Gasteiger partial charge in [0.1, 0.15) is 0 Å². The lowest BCUT2D eigenvalue weighted by Gasteiger charge is -2.30. The Hall–Kier alpha value is -4.10. The lowest BCUT2D eigenvalue weighted by atomic mass is 10.1. The van der Waals surface area contributed by atoms with E-state index >= 15 is 0 Å². The third kappa shape index (κ3) is 6.49. The maximum Gasteiger partial charge on any atom is 0.252 e. The molecule has 0 spiro atoms. The van der Waals surface area contributed by atoms with E-state index in [1.807, 2.05) is 28.9 Å². The molecule has 39 heavy (non-hydrogen) atoms. The van der Waals surface area contributed by atoms with Gasteiger partial charge in [0.2, 0.25) is 0 Å². The second-order valence-electron chi connectivity index (χ2n) is 10.0. The lowest BCUT2D eigenvalue weighted by Crippen LogP contribution is -2.34. The number of nitrogens with one attached hydrogen (secondary N) is 1. The van der Waals surface area contributed by atoms with Crippen LogP contribution in [0.5, 0.6) is 0 Å². The fraction of sp³-hybridized carbons (Fsp3) is 0.312. The van der Waals surface area contributed by atoms with E-state index in [1.165, 1.54) is 16.7 Å². The number of tetrazole rings is 1. The zero-order chi connectivity index (χ0) is 27.0. The number of hydrogen-bond donors (Lipinski definition) is 1. The maximum absolute atomic E-state index is 13.2. The van der Waals surface area contributed by atoms with Gasteiger partial charge in [-0.1, -0.05) is 80.6 Å². The molecule has 0 aliphatic rings. The average molecular weight is 521 g/mol. The normalized spacial score (nSPS) is 12.3. The standard InChI is InChI=1S/C32H36N6O/c1-3-24-15-16-29-27(21-24)22-28(32(39)33-29)23-37(19-17-25-11-7-5-8-12-25)30(4-2)31-34-35-36-38(31)20-18-26-13-9-6-10-14-26/h5-16,21-22,30H,3-4,17-20,23H2,1-2H3,(H,33,39). The highest BCUT2D eigenvalue weighted by molar-refractivity contribution is 5.79. The highest BCUT2D eigenvalue weighted by atomic mass is 16.1. The fourth-order valence-corrected chi connectivity index (χ4v) is 5.21. The molecule has 0 fully saturated rings. The first-order valence-electron chi connectivity index (χ1n) is 13.9. The molecule has 7 nitrogen and oxygen atoms in total. The van der Waals surface area contributed by atoms with Crippen LogP contribution in [0.15, 0.2) is 89.7 Å². The van der Waals surface area contributed by atoms with Gasteiger partial charge in [0.25, 0.3) is 5.56 Å². The van der Waals surface area contributed by atoms with Crippen LogP contribution in [0.4, 0.5) is 0 Å². The number of aromatic amines is 1. The van der Waals surface area contributed by atoms with Crippen molar-refractivity contribution in [2.45, 2.75) is 58.7 Å². The molecule has 1 atom stereocenters. The number of H-pyrrole nitrogens is 1. The Bertz CT molecular complexity index is 1540. The molecule has 2 aromatic heterocycles. The Morgan fingerprint density at radius 3 is 2.28 bits per heavy atom. The summed E-state index contributed by atoms with van der Waals surface area (Å²) >= 11 is 0. The first kappa shape index (κ1) is 26.5. The molecule has 5 rings (SSSR count). The number of rotatable bonds is 12. The summed E-state index contributed by atoms with van der Waals surface area (Å²) in [5.41, 5.74) is 5.35. The van der Waals surface area contributed by atoms with Gasteiger partial charge in [0.05, 0.1) is 6.04 Å². The molecule has 7 heteroatoms. The molecule has 0 radical (unpaired) electrons. The van der Waals surface area contributed by atoms with E-state index in [4.69, 9.17) is 0 Å². The summed E-state index contributed by atoms with van der Waals surface area (Å²) < 4.78 is 1.93. The number of pyridine rings is 1. The number of aromatic nitrogens is 5. The van der Waals surface area contributed by atoms with E-state index in [9.17, 15) is 4.79 Å². The molecular formula is C32H36N6O. The fourth-order valence-electron chi connectivity index (χ4n) is 5.21. The topological polar surface area (TPSA) is 79.7 Å². The number of hydrogen-bond acceptors (Lipinski definition) is 5. The average Bonchev–Trinajstić information content (AvgIpc) is 3.44. The first-order valence-corrected chi connectivity index (χ1v) is 13.9. The molecule has 0 aliphatic carbocycles. The van der Waals surface area contributed by atoms with Gasteiger partial charge in [0, 0.05) is 30.7 Å². The first-order chi connectivity index (χ1) is 19.1. The van der Waals surface area contributed by atoms with Crippen LogP contribution < -0.4 is 5.56 Å². The molecule has 1 N–H and O–H groups in total. The van der Waals surface area contributed by atoms with Crippen LogP contribution >= 0.6 is 0 Å². The van der Waals surface area contributed by atoms with Crippen molar-refractivity contribution in [3.05, 3.63) is 123 Å². The summed E-state index contributed by atoms with van der Waals surface area (Å²) in [6.07, 6.45) is 3.50. The SMILES string of the molecule is CCc1ccc2[nH]c(=O)c(CN(CCc3ccccc3)C(CC)c3nnnn3CCc3ccccc3)cc2c1. The summed E-state index contributed by atoms with van der Waals surface area (Å²) in [6.45, 7) is 6.30. The number of aryl methyl sites for hydroxylation is 3. The van der Waals surface area contributed by atoms with Crippen LogP contribution in [-0.2, 0) is 32.4 Å². The zero-order valence-corrected chi connectivity index (χ0v) is 22.8. The zero-order valence-electron chi connectivity index (χ0n) is 22.8. The molecule has 3 aromatic carbocycles. The number of fused-ring (bicyclic) bond motifs is 1. The van der Waals surface area contributed by atoms with Crippen LogP contribution in [0.1, 0.15) is 54.4 Å². The molecule has 1 unspecified atom stereocenters. The van der Waals surface area contributed by atoms with Crippen molar-refractivity contribution in [3.63, 3.8) is 0 Å². The van der Waals surface area contributed by atoms with Crippen molar-refractivity contribution < 1.29 is 0 Å². The molecule has 2 heterocycles. The minimum absolute atomic E-state index is 0.0310. The minimum atomic E-state index is -0.0463. The Morgan fingerprint density at radius 1 is 0.872 bits per heavy atom. The summed E-state index contributed by atoms with van der Waals surface area (Å²) in [7, 11) is 0. The largest absolute Gasteiger partial charge is 0.322 e. The van der Waals surface area contributed by atoms with Crippen molar-refractivity contribution in [1.82, 2.24) is 30.1 Å². The van der Waals surface area contributed by atoms with Gasteiger partial charge in [-0.2, -0.15) is 0 Å². The monoisotopic (exact) mass is 520 g/mol. The third-order valence-corrected chi connectivity index (χ3v) is 7.44. The van der Waals surface area contributed by atoms with Crippen LogP contribution in [0, 0.1) is 0 Å². The predicted octanol–water partition coefficient (Wildman–Crippen LogP) is 5.52. The smallest absolute Gasteiger partial charge is 0.252 e. The van der Waals surface area contributed by atoms with E-state index in [-0.39, 0.29) is 11.6 Å². The van der Waals surface area contributed by atoms with Gasteiger partial charge in [-0.15, -0.1) is 5.10 Å². The summed E-state index contributed by atoms with van der Waals surface area (Å²) in [5.74, 6) is 0.840. The van der Waals surface area contributed by atoms with Gasteiger partial charge in [0.15, 0.2) is 5.82 Å². The second kappa shape index (κ2) is 12.6. The lowest BCUT2D eigenvalue weighted by molar-refractivity contribution is 0.171. The Morgan fingerprint density at radius 2 is 1.59 bits per heavy atom. The van der Waals surface area contributed by atoms with Gasteiger partial charge in [-0.25, -0.2) is 4.68 Å². The second-order valence-corrected chi connectivity index (χ2v) is 10.0. The third-order valence-electron chi connectivity index (χ3n) is 7.44. The molecule has 0 amide bonds. The van der Waals surface area contributed by atoms with Crippen LogP contribution in [0.2, 0.25) is 0 Å². The van der Waals surface area contributed by atoms with Crippen molar-refractivity contribution >= 4 is 10.9 Å². The van der Waals surface area contributed by atoms with Gasteiger partial charge in [-0.05, 0) is 76.4 Å². The van der Waals surface area contributed by atoms with Crippen LogP contribution in [0.3, 0.4) is 0 Å². The molecule has 5 aromatic rings. The van der Waals surface area contributed by atoms with E-state index in [1.54, 1.807) is 0 Å². The van der Waals surface area contributed by atoms with Crippen molar-refractivity contribution in [3.8, 4) is 0 Å². The van der Waals surface area contributed by atoms with Gasteiger partial charge >= 0.3 is 0 Å². The van der Waals surface area contributed by atoms with Crippen molar-refractivity contribution in [1.29, 1.82) is 0 Å². The van der Waals surface area contributed by atoms with E-state index in [0.717, 1.165) is 54.5 Å². The van der Waals surface area contributed by atoms with E-state index in [2.05, 4.69) is 99.9 Å². The summed E-state index contributed by atoms with van der Waals surface area (Å²) in [5, 5.41) is 14.0. The highest BCUT2D eigenvalue weighted by Crippen LogP contribution is 2.25. The Balaban J connectivity index is 1.45. The van der Waals surface area contributed by atoms with Gasteiger partial charge < -0.3 is 4.98 Å². The molecule has 200 valence electrons. The molecule has 0 saturated heterocycles. The quantitative estimate of drug-likeness (QED) is 0.234. The number of benzene rings is 3. The Labute approximate surface area is 229 Å². The maximum atomic E-state index is 13.2. The van der Waals surface area contributed by atoms with Crippen molar-refractivity contribution in [2.75, 3.05) is 6.54 Å². The Kier molecular flexibility index (Phi) is 8.58. The summed E-state index contributed by atoms with van der Waals surface area (Å²) in [6, 6.07) is 29.1. The predicted molar refractivity (Wildman–Crippen MR) is 155 cm³/mol. The summed E-state index contributed by atoms with van der Waals surface area (Å²) in [4.78, 5) is 18.7. The molecular weight excluding hydrogens is 484 g/mol. The number of nitrogens with zero attached hydrogens (tertiary/aromatic N) is 5.